The summed E-state index contributed by atoms with van der Waals surface area (Å²) in [4.78, 5) is 20.7. The van der Waals surface area contributed by atoms with Crippen LogP contribution in [0.4, 0.5) is 21.7 Å². The maximum absolute atomic E-state index is 12.9. The number of rotatable bonds is 5. The van der Waals surface area contributed by atoms with Crippen molar-refractivity contribution in [3.8, 4) is 0 Å². The minimum Gasteiger partial charge on any atom is -0.326 e. The molecule has 5 nitrogen and oxygen atoms in total. The molecule has 0 fully saturated rings. The summed E-state index contributed by atoms with van der Waals surface area (Å²) in [5, 5.41) is 5.96. The molecule has 1 aromatic heterocycles. The molecule has 3 rings (SSSR count). The van der Waals surface area contributed by atoms with Gasteiger partial charge in [-0.05, 0) is 61.9 Å². The number of halogens is 1. The van der Waals surface area contributed by atoms with Crippen molar-refractivity contribution >= 4 is 23.2 Å². The molecule has 0 saturated carbocycles. The average Bonchev–Trinajstić information content (AvgIpc) is 2.58. The van der Waals surface area contributed by atoms with Crippen LogP contribution in [0.5, 0.6) is 0 Å². The van der Waals surface area contributed by atoms with Crippen molar-refractivity contribution in [1.82, 2.24) is 9.97 Å². The minimum absolute atomic E-state index is 0.157. The second-order valence-corrected chi connectivity index (χ2v) is 6.03. The van der Waals surface area contributed by atoms with Crippen molar-refractivity contribution in [2.75, 3.05) is 10.6 Å². The van der Waals surface area contributed by atoms with Crippen LogP contribution in [0.15, 0.2) is 54.6 Å². The normalized spacial score (nSPS) is 10.4. The lowest BCUT2D eigenvalue weighted by atomic mass is 10.1. The van der Waals surface area contributed by atoms with Crippen molar-refractivity contribution in [3.63, 3.8) is 0 Å². The van der Waals surface area contributed by atoms with Crippen LogP contribution in [0.25, 0.3) is 0 Å². The van der Waals surface area contributed by atoms with E-state index in [0.717, 1.165) is 22.6 Å². The van der Waals surface area contributed by atoms with E-state index in [1.165, 1.54) is 12.1 Å². The Labute approximate surface area is 151 Å². The number of nitrogens with one attached hydrogen (secondary N) is 2. The average molecular weight is 350 g/mol. The molecule has 1 amide bonds. The molecule has 0 unspecified atom stereocenters. The molecule has 2 N–H and O–H groups in total. The van der Waals surface area contributed by atoms with Gasteiger partial charge in [0.25, 0.3) is 0 Å². The first-order chi connectivity index (χ1) is 12.5. The first-order valence-electron chi connectivity index (χ1n) is 8.21. The van der Waals surface area contributed by atoms with Crippen LogP contribution in [-0.4, -0.2) is 15.9 Å². The van der Waals surface area contributed by atoms with E-state index in [1.54, 1.807) is 24.3 Å². The predicted molar refractivity (Wildman–Crippen MR) is 100.0 cm³/mol. The van der Waals surface area contributed by atoms with Gasteiger partial charge in [0.1, 0.15) is 5.82 Å². The molecule has 6 heteroatoms. The second kappa shape index (κ2) is 7.74. The molecular weight excluding hydrogens is 331 g/mol. The Morgan fingerprint density at radius 1 is 0.923 bits per heavy atom. The summed E-state index contributed by atoms with van der Waals surface area (Å²) in [6.45, 7) is 3.83. The quantitative estimate of drug-likeness (QED) is 0.725. The fourth-order valence-corrected chi connectivity index (χ4v) is 2.54. The van der Waals surface area contributed by atoms with Gasteiger partial charge >= 0.3 is 0 Å². The number of carbonyl (C=O) groups excluding carboxylic acids is 1. The topological polar surface area (TPSA) is 66.9 Å². The number of hydrogen-bond donors (Lipinski definition) is 2. The zero-order chi connectivity index (χ0) is 18.5. The van der Waals surface area contributed by atoms with Crippen molar-refractivity contribution in [2.24, 2.45) is 0 Å². The standard InChI is InChI=1S/C20H19FN4O/c1-13-11-14(2)23-20(22-13)25-18-9-7-17(8-10-18)24-19(26)12-15-3-5-16(21)6-4-15/h3-11H,12H2,1-2H3,(H,24,26)(H,22,23,25). The smallest absolute Gasteiger partial charge is 0.228 e. The van der Waals surface area contributed by atoms with Gasteiger partial charge in [-0.2, -0.15) is 0 Å². The summed E-state index contributed by atoms with van der Waals surface area (Å²) in [6.07, 6.45) is 0.191. The zero-order valence-electron chi connectivity index (χ0n) is 14.6. The van der Waals surface area contributed by atoms with Crippen LogP contribution in [0, 0.1) is 19.7 Å². The van der Waals surface area contributed by atoms with E-state index in [4.69, 9.17) is 0 Å². The van der Waals surface area contributed by atoms with Gasteiger partial charge in [0.05, 0.1) is 6.42 Å². The van der Waals surface area contributed by atoms with Crippen molar-refractivity contribution in [3.05, 3.63) is 77.4 Å². The van der Waals surface area contributed by atoms with Crippen LogP contribution >= 0.6 is 0 Å². The fourth-order valence-electron chi connectivity index (χ4n) is 2.54. The molecule has 132 valence electrons. The molecule has 0 aliphatic carbocycles. The third-order valence-electron chi connectivity index (χ3n) is 3.69. The van der Waals surface area contributed by atoms with Crippen LogP contribution in [0.2, 0.25) is 0 Å². The second-order valence-electron chi connectivity index (χ2n) is 6.03. The van der Waals surface area contributed by atoms with Crippen LogP contribution in [0.3, 0.4) is 0 Å². The molecule has 0 bridgehead atoms. The molecule has 0 radical (unpaired) electrons. The highest BCUT2D eigenvalue weighted by Crippen LogP contribution is 2.17. The molecular formula is C20H19FN4O. The van der Waals surface area contributed by atoms with E-state index in [1.807, 2.05) is 32.0 Å². The molecule has 0 aliphatic rings. The minimum atomic E-state index is -0.315. The van der Waals surface area contributed by atoms with Crippen LogP contribution < -0.4 is 10.6 Å². The summed E-state index contributed by atoms with van der Waals surface area (Å²) < 4.78 is 12.9. The predicted octanol–water partition coefficient (Wildman–Crippen LogP) is 4.16. The third-order valence-corrected chi connectivity index (χ3v) is 3.69. The van der Waals surface area contributed by atoms with Crippen molar-refractivity contribution < 1.29 is 9.18 Å². The first kappa shape index (κ1) is 17.5. The monoisotopic (exact) mass is 350 g/mol. The summed E-state index contributed by atoms with van der Waals surface area (Å²) in [5.74, 6) is 0.0654. The highest BCUT2D eigenvalue weighted by molar-refractivity contribution is 5.92. The summed E-state index contributed by atoms with van der Waals surface area (Å²) in [6, 6.07) is 15.1. The first-order valence-corrected chi connectivity index (χ1v) is 8.21. The zero-order valence-corrected chi connectivity index (χ0v) is 14.6. The number of carbonyl (C=O) groups is 1. The lowest BCUT2D eigenvalue weighted by Crippen LogP contribution is -2.14. The lowest BCUT2D eigenvalue weighted by Gasteiger charge is -2.09. The van der Waals surface area contributed by atoms with Gasteiger partial charge < -0.3 is 10.6 Å². The molecule has 1 heterocycles. The number of hydrogen-bond acceptors (Lipinski definition) is 4. The molecule has 3 aromatic rings. The Morgan fingerprint density at radius 3 is 2.12 bits per heavy atom. The highest BCUT2D eigenvalue weighted by Gasteiger charge is 2.05. The van der Waals surface area contributed by atoms with E-state index in [-0.39, 0.29) is 18.1 Å². The van der Waals surface area contributed by atoms with E-state index in [9.17, 15) is 9.18 Å². The van der Waals surface area contributed by atoms with Crippen LogP contribution in [0.1, 0.15) is 17.0 Å². The molecule has 0 spiro atoms. The van der Waals surface area contributed by atoms with Crippen LogP contribution in [-0.2, 0) is 11.2 Å². The van der Waals surface area contributed by atoms with Gasteiger partial charge in [-0.3, -0.25) is 4.79 Å². The van der Waals surface area contributed by atoms with E-state index >= 15 is 0 Å². The number of nitrogens with zero attached hydrogens (tertiary/aromatic N) is 2. The maximum Gasteiger partial charge on any atom is 0.228 e. The van der Waals surface area contributed by atoms with E-state index in [0.29, 0.717) is 11.6 Å². The van der Waals surface area contributed by atoms with Gasteiger partial charge in [0.2, 0.25) is 11.9 Å². The van der Waals surface area contributed by atoms with Gasteiger partial charge in [0, 0.05) is 22.8 Å². The Bertz CT molecular complexity index is 888. The fraction of sp³-hybridized carbons (Fsp3) is 0.150. The Morgan fingerprint density at radius 2 is 1.50 bits per heavy atom. The summed E-state index contributed by atoms with van der Waals surface area (Å²) >= 11 is 0. The number of aromatic nitrogens is 2. The van der Waals surface area contributed by atoms with Gasteiger partial charge in [-0.1, -0.05) is 12.1 Å². The molecule has 0 atom stereocenters. The number of benzene rings is 2. The number of amides is 1. The lowest BCUT2D eigenvalue weighted by molar-refractivity contribution is -0.115. The van der Waals surface area contributed by atoms with E-state index < -0.39 is 0 Å². The molecule has 26 heavy (non-hydrogen) atoms. The number of aryl methyl sites for hydroxylation is 2. The van der Waals surface area contributed by atoms with Gasteiger partial charge in [-0.15, -0.1) is 0 Å². The molecule has 0 saturated heterocycles. The van der Waals surface area contributed by atoms with Gasteiger partial charge in [0.15, 0.2) is 0 Å². The molecule has 2 aromatic carbocycles. The summed E-state index contributed by atoms with van der Waals surface area (Å²) in [7, 11) is 0. The Kier molecular flexibility index (Phi) is 5.22. The summed E-state index contributed by atoms with van der Waals surface area (Å²) in [5.41, 5.74) is 4.05. The van der Waals surface area contributed by atoms with Crippen molar-refractivity contribution in [1.29, 1.82) is 0 Å². The van der Waals surface area contributed by atoms with E-state index in [2.05, 4.69) is 20.6 Å². The van der Waals surface area contributed by atoms with Crippen molar-refractivity contribution in [2.45, 2.75) is 20.3 Å². The largest absolute Gasteiger partial charge is 0.326 e. The SMILES string of the molecule is Cc1cc(C)nc(Nc2ccc(NC(=O)Cc3ccc(F)cc3)cc2)n1. The maximum atomic E-state index is 12.9. The van der Waals surface area contributed by atoms with Gasteiger partial charge in [-0.25, -0.2) is 14.4 Å². The molecule has 0 aliphatic heterocycles. The highest BCUT2D eigenvalue weighted by atomic mass is 19.1. The number of anilines is 3. The Hall–Kier alpha value is -3.28. The Balaban J connectivity index is 1.60. The third kappa shape index (κ3) is 4.86.